The van der Waals surface area contributed by atoms with E-state index in [1.807, 2.05) is 6.07 Å². The molecule has 0 radical (unpaired) electrons. The molecule has 3 aliphatic heterocycles. The first-order chi connectivity index (χ1) is 13.8. The third-order valence-corrected chi connectivity index (χ3v) is 6.36. The van der Waals surface area contributed by atoms with Gasteiger partial charge < -0.3 is 15.2 Å². The van der Waals surface area contributed by atoms with E-state index < -0.39 is 29.4 Å². The molecular formula is C21H24N2O6. The average molecular weight is 400 g/mol. The van der Waals surface area contributed by atoms with Gasteiger partial charge in [0.1, 0.15) is 11.3 Å². The van der Waals surface area contributed by atoms with Crippen molar-refractivity contribution in [2.24, 2.45) is 11.8 Å². The molecule has 3 aliphatic rings. The summed E-state index contributed by atoms with van der Waals surface area (Å²) in [5, 5.41) is 12.2. The van der Waals surface area contributed by atoms with Crippen molar-refractivity contribution >= 4 is 23.7 Å². The van der Waals surface area contributed by atoms with Crippen LogP contribution < -0.4 is 5.32 Å². The average Bonchev–Trinajstić information content (AvgIpc) is 3.37. The molecule has 8 heteroatoms. The van der Waals surface area contributed by atoms with Crippen LogP contribution in [0.3, 0.4) is 0 Å². The van der Waals surface area contributed by atoms with Gasteiger partial charge >= 0.3 is 12.0 Å². The summed E-state index contributed by atoms with van der Waals surface area (Å²) in [6.45, 7) is 1.77. The number of hydrogen-bond donors (Lipinski definition) is 2. The molecule has 3 fully saturated rings. The minimum atomic E-state index is -1.13. The lowest BCUT2D eigenvalue weighted by molar-refractivity contribution is -0.147. The number of nitrogens with zero attached hydrogens (tertiary/aromatic N) is 1. The highest BCUT2D eigenvalue weighted by atomic mass is 16.5. The highest BCUT2D eigenvalue weighted by molar-refractivity contribution is 6.07. The summed E-state index contributed by atoms with van der Waals surface area (Å²) in [6.07, 6.45) is 1.07. The number of carboxylic acid groups (broad SMARTS) is 1. The minimum Gasteiger partial charge on any atom is -0.481 e. The van der Waals surface area contributed by atoms with E-state index in [-0.39, 0.29) is 36.9 Å². The molecule has 1 aromatic rings. The zero-order chi connectivity index (χ0) is 20.8. The Kier molecular flexibility index (Phi) is 4.90. The van der Waals surface area contributed by atoms with Crippen molar-refractivity contribution in [1.82, 2.24) is 10.2 Å². The van der Waals surface area contributed by atoms with E-state index in [2.05, 4.69) is 5.32 Å². The highest BCUT2D eigenvalue weighted by Crippen LogP contribution is 2.44. The zero-order valence-corrected chi connectivity index (χ0v) is 16.2. The number of carboxylic acids is 1. The Labute approximate surface area is 168 Å². The number of Topliss-reactive ketones (excluding diaryl/α,β-unsaturated/α-hetero) is 1. The van der Waals surface area contributed by atoms with Crippen molar-refractivity contribution in [3.05, 3.63) is 35.9 Å². The van der Waals surface area contributed by atoms with Crippen LogP contribution in [0.4, 0.5) is 4.79 Å². The number of benzene rings is 1. The number of carbonyl (C=O) groups excluding carboxylic acids is 3. The molecule has 5 atom stereocenters. The van der Waals surface area contributed by atoms with E-state index in [0.29, 0.717) is 24.8 Å². The van der Waals surface area contributed by atoms with Crippen molar-refractivity contribution in [3.8, 4) is 0 Å². The van der Waals surface area contributed by atoms with Crippen LogP contribution in [-0.4, -0.2) is 52.4 Å². The molecule has 0 aliphatic carbocycles. The molecule has 8 nitrogen and oxygen atoms in total. The van der Waals surface area contributed by atoms with Crippen LogP contribution in [0.5, 0.6) is 0 Å². The molecule has 0 spiro atoms. The second kappa shape index (κ2) is 7.26. The molecule has 29 heavy (non-hydrogen) atoms. The molecule has 4 rings (SSSR count). The second-order valence-electron chi connectivity index (χ2n) is 8.13. The number of fused-ring (bicyclic) bond motifs is 2. The Hall–Kier alpha value is -2.74. The van der Waals surface area contributed by atoms with Gasteiger partial charge in [-0.05, 0) is 31.7 Å². The van der Waals surface area contributed by atoms with Crippen molar-refractivity contribution < 1.29 is 29.0 Å². The lowest BCUT2D eigenvalue weighted by atomic mass is 9.76. The van der Waals surface area contributed by atoms with Gasteiger partial charge in [0.2, 0.25) is 0 Å². The Morgan fingerprint density at radius 1 is 1.17 bits per heavy atom. The van der Waals surface area contributed by atoms with E-state index in [0.717, 1.165) is 4.90 Å². The lowest BCUT2D eigenvalue weighted by Gasteiger charge is -2.24. The molecule has 3 saturated heterocycles. The normalized spacial score (nSPS) is 33.2. The van der Waals surface area contributed by atoms with Crippen molar-refractivity contribution in [1.29, 1.82) is 0 Å². The first-order valence-electron chi connectivity index (χ1n) is 9.93. The smallest absolute Gasteiger partial charge is 0.325 e. The maximum absolute atomic E-state index is 12.9. The fourth-order valence-corrected chi connectivity index (χ4v) is 4.85. The van der Waals surface area contributed by atoms with Crippen molar-refractivity contribution in [2.45, 2.75) is 50.4 Å². The number of urea groups is 1. The summed E-state index contributed by atoms with van der Waals surface area (Å²) in [4.78, 5) is 50.6. The summed E-state index contributed by atoms with van der Waals surface area (Å²) >= 11 is 0. The molecule has 154 valence electrons. The van der Waals surface area contributed by atoms with Gasteiger partial charge in [0.25, 0.3) is 5.91 Å². The third-order valence-electron chi connectivity index (χ3n) is 6.36. The Bertz CT molecular complexity index is 856. The van der Waals surface area contributed by atoms with Crippen LogP contribution in [0.1, 0.15) is 38.2 Å². The van der Waals surface area contributed by atoms with E-state index in [1.54, 1.807) is 31.2 Å². The number of imide groups is 1. The molecule has 2 bridgehead atoms. The topological polar surface area (TPSA) is 113 Å². The van der Waals surface area contributed by atoms with Gasteiger partial charge in [-0.3, -0.25) is 19.3 Å². The molecule has 0 saturated carbocycles. The van der Waals surface area contributed by atoms with Crippen LogP contribution >= 0.6 is 0 Å². The van der Waals surface area contributed by atoms with Gasteiger partial charge in [0.05, 0.1) is 24.0 Å². The quantitative estimate of drug-likeness (QED) is 0.674. The van der Waals surface area contributed by atoms with Gasteiger partial charge in [0.15, 0.2) is 0 Å². The summed E-state index contributed by atoms with van der Waals surface area (Å²) in [6, 6.07) is 8.52. The van der Waals surface area contributed by atoms with Crippen LogP contribution in [0.25, 0.3) is 0 Å². The number of hydrogen-bond acceptors (Lipinski definition) is 5. The van der Waals surface area contributed by atoms with Crippen molar-refractivity contribution in [2.75, 3.05) is 6.54 Å². The molecule has 5 unspecified atom stereocenters. The van der Waals surface area contributed by atoms with E-state index in [4.69, 9.17) is 4.74 Å². The van der Waals surface area contributed by atoms with Gasteiger partial charge in [-0.25, -0.2) is 4.79 Å². The maximum Gasteiger partial charge on any atom is 0.325 e. The van der Waals surface area contributed by atoms with Gasteiger partial charge in [-0.2, -0.15) is 0 Å². The monoisotopic (exact) mass is 400 g/mol. The molecular weight excluding hydrogens is 376 g/mol. The van der Waals surface area contributed by atoms with E-state index >= 15 is 0 Å². The summed E-state index contributed by atoms with van der Waals surface area (Å²) < 4.78 is 5.64. The fraction of sp³-hybridized carbons (Fsp3) is 0.524. The van der Waals surface area contributed by atoms with Crippen LogP contribution in [0.2, 0.25) is 0 Å². The molecule has 3 amide bonds. The largest absolute Gasteiger partial charge is 0.481 e. The SMILES string of the molecule is CC1(c2ccccc2)NC(=O)N(CCCC(=O)C2C3CCC(O3)C2C(=O)O)C1=O. The summed E-state index contributed by atoms with van der Waals surface area (Å²) in [7, 11) is 0. The zero-order valence-electron chi connectivity index (χ0n) is 16.2. The molecule has 3 heterocycles. The predicted octanol–water partition coefficient (Wildman–Crippen LogP) is 1.68. The van der Waals surface area contributed by atoms with Crippen molar-refractivity contribution in [3.63, 3.8) is 0 Å². The fourth-order valence-electron chi connectivity index (χ4n) is 4.85. The first-order valence-corrected chi connectivity index (χ1v) is 9.93. The molecule has 2 N–H and O–H groups in total. The van der Waals surface area contributed by atoms with Gasteiger partial charge in [-0.15, -0.1) is 0 Å². The number of ketones is 1. The Balaban J connectivity index is 1.37. The number of nitrogens with one attached hydrogen (secondary N) is 1. The van der Waals surface area contributed by atoms with E-state index in [1.165, 1.54) is 0 Å². The lowest BCUT2D eigenvalue weighted by Crippen LogP contribution is -2.41. The highest BCUT2D eigenvalue weighted by Gasteiger charge is 2.55. The summed E-state index contributed by atoms with van der Waals surface area (Å²) in [5.74, 6) is -2.94. The van der Waals surface area contributed by atoms with Gasteiger partial charge in [-0.1, -0.05) is 30.3 Å². The molecule has 0 aromatic heterocycles. The second-order valence-corrected chi connectivity index (χ2v) is 8.13. The predicted molar refractivity (Wildman–Crippen MR) is 101 cm³/mol. The Morgan fingerprint density at radius 3 is 2.48 bits per heavy atom. The number of carbonyl (C=O) groups is 4. The number of rotatable bonds is 7. The van der Waals surface area contributed by atoms with Gasteiger partial charge in [0, 0.05) is 13.0 Å². The minimum absolute atomic E-state index is 0.109. The van der Waals surface area contributed by atoms with Crippen LogP contribution in [0, 0.1) is 11.8 Å². The molecule has 1 aromatic carbocycles. The maximum atomic E-state index is 12.9. The number of amides is 3. The number of ether oxygens (including phenoxy) is 1. The number of aliphatic carboxylic acids is 1. The first kappa shape index (κ1) is 19.6. The third kappa shape index (κ3) is 3.21. The van der Waals surface area contributed by atoms with Crippen LogP contribution in [-0.2, 0) is 24.7 Å². The van der Waals surface area contributed by atoms with E-state index in [9.17, 15) is 24.3 Å². The standard InChI is InChI=1S/C21H24N2O6/c1-21(12-6-3-2-4-7-12)19(27)23(20(28)22-21)11-5-8-13(24)16-14-9-10-15(29-14)17(16)18(25)26/h2-4,6-7,14-17H,5,8-11H2,1H3,(H,22,28)(H,25,26). The van der Waals surface area contributed by atoms with Crippen LogP contribution in [0.15, 0.2) is 30.3 Å². The summed E-state index contributed by atoms with van der Waals surface area (Å²) in [5.41, 5.74) is -0.435. The Morgan fingerprint density at radius 2 is 1.83 bits per heavy atom.